The molecule has 0 aromatic rings. The molecule has 0 aromatic heterocycles. The summed E-state index contributed by atoms with van der Waals surface area (Å²) in [6, 6.07) is -1.47. The van der Waals surface area contributed by atoms with Crippen molar-refractivity contribution in [2.24, 2.45) is 11.5 Å². The number of nitrogens with two attached hydrogens (primary N) is 2. The molecule has 0 aliphatic carbocycles. The summed E-state index contributed by atoms with van der Waals surface area (Å²) in [7, 11) is 0. The summed E-state index contributed by atoms with van der Waals surface area (Å²) in [5, 5.41) is 8.41. The van der Waals surface area contributed by atoms with Gasteiger partial charge in [0.2, 0.25) is 0 Å². The predicted molar refractivity (Wildman–Crippen MR) is 51.7 cm³/mol. The van der Waals surface area contributed by atoms with Crippen molar-refractivity contribution in [2.45, 2.75) is 12.1 Å². The van der Waals surface area contributed by atoms with E-state index < -0.39 is 18.1 Å². The topological polar surface area (TPSA) is 106 Å². The Morgan fingerprint density at radius 2 is 1.77 bits per heavy atom. The second-order valence-electron chi connectivity index (χ2n) is 2.41. The number of hydrogen-bond donors (Lipinski definition) is 3. The Balaban J connectivity index is 3.56. The fourth-order valence-electron chi connectivity index (χ4n) is 0.461. The molecule has 2 unspecified atom stereocenters. The molecule has 0 rings (SSSR count). The minimum absolute atomic E-state index is 0.226. The molecule has 75 valence electrons. The normalized spacial score (nSPS) is 14.9. The standard InChI is InChI=1S/C6H11N2O3SSe/c7-3(5(9)10)1-12-2-4(8)6(11)13/h3-4H,1-2,7-8H2,(H,9,10). The molecule has 1 radical (unpaired) electrons. The number of carboxylic acid groups (broad SMARTS) is 1. The van der Waals surface area contributed by atoms with Crippen LogP contribution >= 0.6 is 11.8 Å². The van der Waals surface area contributed by atoms with Gasteiger partial charge in [-0.3, -0.25) is 0 Å². The van der Waals surface area contributed by atoms with Crippen LogP contribution in [0, 0.1) is 0 Å². The molecule has 0 aliphatic rings. The van der Waals surface area contributed by atoms with Gasteiger partial charge in [0.15, 0.2) is 0 Å². The van der Waals surface area contributed by atoms with Crippen LogP contribution < -0.4 is 11.5 Å². The van der Waals surface area contributed by atoms with Crippen LogP contribution in [0.15, 0.2) is 0 Å². The first-order valence-electron chi connectivity index (χ1n) is 3.47. The van der Waals surface area contributed by atoms with E-state index in [9.17, 15) is 9.59 Å². The Kier molecular flexibility index (Phi) is 6.36. The number of thioether (sulfide) groups is 1. The van der Waals surface area contributed by atoms with E-state index in [1.165, 1.54) is 11.8 Å². The van der Waals surface area contributed by atoms with Crippen molar-refractivity contribution < 1.29 is 14.7 Å². The second-order valence-corrected chi connectivity index (χ2v) is 4.33. The molecule has 5 N–H and O–H groups in total. The van der Waals surface area contributed by atoms with Crippen molar-refractivity contribution in [3.05, 3.63) is 0 Å². The first kappa shape index (κ1) is 12.9. The average Bonchev–Trinajstić information content (AvgIpc) is 2.03. The summed E-state index contributed by atoms with van der Waals surface area (Å²) in [5.41, 5.74) is 10.6. The van der Waals surface area contributed by atoms with Crippen LogP contribution in [-0.2, 0) is 9.59 Å². The zero-order chi connectivity index (χ0) is 10.4. The van der Waals surface area contributed by atoms with E-state index >= 15 is 0 Å². The Morgan fingerprint density at radius 1 is 1.31 bits per heavy atom. The summed E-state index contributed by atoms with van der Waals surface area (Å²) in [4.78, 5) is 20.9. The van der Waals surface area contributed by atoms with E-state index in [-0.39, 0.29) is 10.4 Å². The Bertz CT molecular complexity index is 182. The van der Waals surface area contributed by atoms with Crippen LogP contribution in [0.1, 0.15) is 0 Å². The molecule has 0 saturated carbocycles. The van der Waals surface area contributed by atoms with Crippen molar-refractivity contribution >= 4 is 38.4 Å². The monoisotopic (exact) mass is 271 g/mol. The van der Waals surface area contributed by atoms with E-state index in [1.54, 1.807) is 0 Å². The summed E-state index contributed by atoms with van der Waals surface area (Å²) < 4.78 is -0.226. The summed E-state index contributed by atoms with van der Waals surface area (Å²) >= 11 is 3.53. The van der Waals surface area contributed by atoms with Crippen molar-refractivity contribution in [3.8, 4) is 0 Å². The number of carbonyl (C=O) groups excluding carboxylic acids is 1. The van der Waals surface area contributed by atoms with Gasteiger partial charge in [0, 0.05) is 0 Å². The first-order valence-corrected chi connectivity index (χ1v) is 5.49. The van der Waals surface area contributed by atoms with Gasteiger partial charge in [0.05, 0.1) is 0 Å². The number of carboxylic acids is 1. The number of carbonyl (C=O) groups is 2. The van der Waals surface area contributed by atoms with Crippen LogP contribution in [-0.4, -0.2) is 55.4 Å². The minimum atomic E-state index is -1.05. The summed E-state index contributed by atoms with van der Waals surface area (Å²) in [5.74, 6) is -0.404. The quantitative estimate of drug-likeness (QED) is 0.489. The van der Waals surface area contributed by atoms with E-state index in [0.717, 1.165) is 0 Å². The molecule has 7 heteroatoms. The van der Waals surface area contributed by atoms with Crippen LogP contribution in [0.5, 0.6) is 0 Å². The number of hydrogen-bond acceptors (Lipinski definition) is 5. The molecule has 0 bridgehead atoms. The van der Waals surface area contributed by atoms with Crippen molar-refractivity contribution in [1.29, 1.82) is 0 Å². The molecule has 2 atom stereocenters. The van der Waals surface area contributed by atoms with Crippen LogP contribution in [0.4, 0.5) is 0 Å². The van der Waals surface area contributed by atoms with Gasteiger partial charge in [-0.05, 0) is 0 Å². The fourth-order valence-corrected chi connectivity index (χ4v) is 1.81. The van der Waals surface area contributed by atoms with Crippen LogP contribution in [0.2, 0.25) is 0 Å². The van der Waals surface area contributed by atoms with Crippen LogP contribution in [0.3, 0.4) is 0 Å². The zero-order valence-corrected chi connectivity index (χ0v) is 9.33. The summed E-state index contributed by atoms with van der Waals surface area (Å²) in [6.07, 6.45) is 0. The predicted octanol–water partition coefficient (Wildman–Crippen LogP) is -1.85. The van der Waals surface area contributed by atoms with Crippen molar-refractivity contribution in [3.63, 3.8) is 0 Å². The van der Waals surface area contributed by atoms with Gasteiger partial charge in [-0.25, -0.2) is 0 Å². The van der Waals surface area contributed by atoms with Gasteiger partial charge in [0.1, 0.15) is 0 Å². The van der Waals surface area contributed by atoms with E-state index in [2.05, 4.69) is 16.0 Å². The third-order valence-electron chi connectivity index (χ3n) is 1.21. The average molecular weight is 270 g/mol. The van der Waals surface area contributed by atoms with Gasteiger partial charge in [-0.15, -0.1) is 0 Å². The van der Waals surface area contributed by atoms with E-state index in [0.29, 0.717) is 5.75 Å². The Labute approximate surface area is 88.4 Å². The second kappa shape index (κ2) is 6.39. The SMILES string of the molecule is NC(CSCC(N)C(=O)[Se])C(=O)O. The molecule has 5 nitrogen and oxygen atoms in total. The maximum absolute atomic E-state index is 10.6. The molecule has 0 amide bonds. The molecular weight excluding hydrogens is 259 g/mol. The Hall–Kier alpha value is -0.0705. The number of rotatable bonds is 6. The molecule has 0 heterocycles. The van der Waals surface area contributed by atoms with Crippen molar-refractivity contribution in [2.75, 3.05) is 11.5 Å². The van der Waals surface area contributed by atoms with Gasteiger partial charge >= 0.3 is 88.2 Å². The fraction of sp³-hybridized carbons (Fsp3) is 0.667. The third-order valence-corrected chi connectivity index (χ3v) is 3.04. The third kappa shape index (κ3) is 6.06. The van der Waals surface area contributed by atoms with Gasteiger partial charge < -0.3 is 0 Å². The molecule has 0 fully saturated rings. The van der Waals surface area contributed by atoms with Crippen LogP contribution in [0.25, 0.3) is 0 Å². The zero-order valence-electron chi connectivity index (χ0n) is 6.80. The first-order chi connectivity index (χ1) is 5.95. The van der Waals surface area contributed by atoms with Gasteiger partial charge in [-0.2, -0.15) is 0 Å². The van der Waals surface area contributed by atoms with Gasteiger partial charge in [0.25, 0.3) is 0 Å². The maximum atomic E-state index is 10.6. The van der Waals surface area contributed by atoms with E-state index in [4.69, 9.17) is 16.6 Å². The Morgan fingerprint density at radius 3 is 2.15 bits per heavy atom. The van der Waals surface area contributed by atoms with E-state index in [1.807, 2.05) is 0 Å². The molecular formula is C6H11N2O3SSe. The van der Waals surface area contributed by atoms with Gasteiger partial charge in [-0.1, -0.05) is 0 Å². The molecule has 0 saturated heterocycles. The molecule has 0 aromatic carbocycles. The molecule has 0 aliphatic heterocycles. The number of aliphatic carboxylic acids is 1. The van der Waals surface area contributed by atoms with Crippen molar-refractivity contribution in [1.82, 2.24) is 0 Å². The molecule has 0 spiro atoms. The molecule has 13 heavy (non-hydrogen) atoms. The summed E-state index contributed by atoms with van der Waals surface area (Å²) in [6.45, 7) is 0.